The number of nitrogen functional groups attached to an aromatic ring is 1. The number of ether oxygens (including phenoxy) is 1. The highest BCUT2D eigenvalue weighted by Gasteiger charge is 2.33. The molecule has 0 fully saturated rings. The summed E-state index contributed by atoms with van der Waals surface area (Å²) < 4.78 is 43.4. The van der Waals surface area contributed by atoms with E-state index in [9.17, 15) is 18.0 Å². The molecular formula is C16H14F3N5O2S. The van der Waals surface area contributed by atoms with E-state index in [1.165, 1.54) is 19.5 Å². The van der Waals surface area contributed by atoms with Gasteiger partial charge < -0.3 is 15.5 Å². The number of aromatic amines is 1. The molecule has 142 valence electrons. The molecular weight excluding hydrogens is 383 g/mol. The number of halogens is 3. The van der Waals surface area contributed by atoms with Gasteiger partial charge >= 0.3 is 12.1 Å². The van der Waals surface area contributed by atoms with Gasteiger partial charge in [-0.3, -0.25) is 4.98 Å². The van der Waals surface area contributed by atoms with Crippen molar-refractivity contribution in [2.45, 2.75) is 23.5 Å². The number of hydrogen-bond donors (Lipinski definition) is 2. The number of carbonyl (C=O) groups excluding carboxylic acids is 1. The second kappa shape index (κ2) is 7.06. The van der Waals surface area contributed by atoms with Crippen LogP contribution in [0.2, 0.25) is 0 Å². The Balaban J connectivity index is 1.91. The molecule has 0 aliphatic carbocycles. The number of methoxy groups -OCH3 is 1. The van der Waals surface area contributed by atoms with E-state index >= 15 is 0 Å². The maximum Gasteiger partial charge on any atom is 0.433 e. The first kappa shape index (κ1) is 19.0. The molecule has 3 aromatic heterocycles. The Morgan fingerprint density at radius 1 is 1.33 bits per heavy atom. The number of thioether (sulfide) groups is 1. The molecule has 0 bridgehead atoms. The van der Waals surface area contributed by atoms with Crippen LogP contribution < -0.4 is 5.73 Å². The van der Waals surface area contributed by atoms with Gasteiger partial charge in [-0.25, -0.2) is 14.8 Å². The number of hydrogen-bond acceptors (Lipinski definition) is 7. The predicted molar refractivity (Wildman–Crippen MR) is 93.2 cm³/mol. The quantitative estimate of drug-likeness (QED) is 0.394. The van der Waals surface area contributed by atoms with Gasteiger partial charge in [-0.05, 0) is 13.0 Å². The fourth-order valence-electron chi connectivity index (χ4n) is 2.40. The van der Waals surface area contributed by atoms with Gasteiger partial charge in [0.2, 0.25) is 0 Å². The first-order valence-corrected chi connectivity index (χ1v) is 8.50. The van der Waals surface area contributed by atoms with Gasteiger partial charge in [-0.1, -0.05) is 11.8 Å². The lowest BCUT2D eigenvalue weighted by Gasteiger charge is -2.12. The smallest absolute Gasteiger partial charge is 0.433 e. The van der Waals surface area contributed by atoms with Crippen molar-refractivity contribution in [1.82, 2.24) is 19.9 Å². The second-order valence-corrected chi connectivity index (χ2v) is 6.88. The van der Waals surface area contributed by atoms with E-state index in [2.05, 4.69) is 19.9 Å². The zero-order valence-electron chi connectivity index (χ0n) is 14.2. The summed E-state index contributed by atoms with van der Waals surface area (Å²) in [5.74, 6) is -0.776. The number of nitrogens with two attached hydrogens (primary N) is 1. The van der Waals surface area contributed by atoms with E-state index in [1.807, 2.05) is 0 Å². The zero-order valence-corrected chi connectivity index (χ0v) is 15.0. The van der Waals surface area contributed by atoms with Crippen LogP contribution >= 0.6 is 11.8 Å². The Hall–Kier alpha value is -2.82. The molecule has 3 aromatic rings. The van der Waals surface area contributed by atoms with Crippen molar-refractivity contribution in [2.75, 3.05) is 12.8 Å². The van der Waals surface area contributed by atoms with Gasteiger partial charge in [0.05, 0.1) is 35.3 Å². The predicted octanol–water partition coefficient (Wildman–Crippen LogP) is 3.59. The Morgan fingerprint density at radius 3 is 2.74 bits per heavy atom. The highest BCUT2D eigenvalue weighted by atomic mass is 32.2. The Morgan fingerprint density at radius 2 is 2.07 bits per heavy atom. The standard InChI is InChI=1S/C16H14F3N5O2S/c1-7(27-15-23-12(16(17,18)19)4-13(20)24-15)10-3-8-9(14(25)26-2)5-21-11(8)6-22-10/h3-7,21H,1-2H3,(H2,20,23,24). The summed E-state index contributed by atoms with van der Waals surface area (Å²) >= 11 is 0.981. The SMILES string of the molecule is COC(=O)c1c[nH]c2cnc(C(C)Sc3nc(N)cc(C(F)(F)F)n3)cc12. The number of nitrogens with zero attached hydrogens (tertiary/aromatic N) is 3. The fraction of sp³-hybridized carbons (Fsp3) is 0.250. The maximum absolute atomic E-state index is 12.9. The van der Waals surface area contributed by atoms with Gasteiger partial charge in [-0.15, -0.1) is 0 Å². The molecule has 1 atom stereocenters. The summed E-state index contributed by atoms with van der Waals surface area (Å²) in [6, 6.07) is 2.36. The Kier molecular flexibility index (Phi) is 4.96. The van der Waals surface area contributed by atoms with E-state index in [0.29, 0.717) is 28.2 Å². The molecule has 1 unspecified atom stereocenters. The third-order valence-corrected chi connectivity index (χ3v) is 4.70. The van der Waals surface area contributed by atoms with Crippen LogP contribution in [0.4, 0.5) is 19.0 Å². The average Bonchev–Trinajstić information content (AvgIpc) is 3.03. The van der Waals surface area contributed by atoms with E-state index < -0.39 is 23.1 Å². The minimum absolute atomic E-state index is 0.112. The minimum atomic E-state index is -4.62. The van der Waals surface area contributed by atoms with E-state index in [4.69, 9.17) is 10.5 Å². The maximum atomic E-state index is 12.9. The molecule has 0 spiro atoms. The molecule has 0 amide bonds. The van der Waals surface area contributed by atoms with Crippen molar-refractivity contribution in [1.29, 1.82) is 0 Å². The summed E-state index contributed by atoms with van der Waals surface area (Å²) in [7, 11) is 1.27. The topological polar surface area (TPSA) is 107 Å². The molecule has 0 aliphatic rings. The molecule has 0 saturated carbocycles. The van der Waals surface area contributed by atoms with Crippen LogP contribution in [0.25, 0.3) is 10.9 Å². The Bertz CT molecular complexity index is 1010. The van der Waals surface area contributed by atoms with Crippen molar-refractivity contribution >= 4 is 34.5 Å². The second-order valence-electron chi connectivity index (χ2n) is 5.57. The number of anilines is 1. The van der Waals surface area contributed by atoms with Gasteiger partial charge in [0, 0.05) is 17.6 Å². The molecule has 3 rings (SSSR count). The molecule has 0 aliphatic heterocycles. The zero-order chi connectivity index (χ0) is 19.8. The average molecular weight is 397 g/mol. The number of aromatic nitrogens is 4. The van der Waals surface area contributed by atoms with Gasteiger partial charge in [0.15, 0.2) is 10.9 Å². The number of fused-ring (bicyclic) bond motifs is 1. The molecule has 3 heterocycles. The molecule has 0 radical (unpaired) electrons. The summed E-state index contributed by atoms with van der Waals surface area (Å²) in [5.41, 5.74) is 5.87. The number of H-pyrrole nitrogens is 1. The highest BCUT2D eigenvalue weighted by Crippen LogP contribution is 2.36. The molecule has 3 N–H and O–H groups in total. The minimum Gasteiger partial charge on any atom is -0.465 e. The number of nitrogens with one attached hydrogen (secondary N) is 1. The monoisotopic (exact) mass is 397 g/mol. The largest absolute Gasteiger partial charge is 0.465 e. The molecule has 0 saturated heterocycles. The summed E-state index contributed by atoms with van der Waals surface area (Å²) in [6.45, 7) is 1.74. The normalized spacial score (nSPS) is 12.9. The van der Waals surface area contributed by atoms with E-state index in [-0.39, 0.29) is 11.0 Å². The third kappa shape index (κ3) is 3.97. The van der Waals surface area contributed by atoms with Crippen molar-refractivity contribution < 1.29 is 22.7 Å². The number of alkyl halides is 3. The van der Waals surface area contributed by atoms with Crippen molar-refractivity contribution in [3.63, 3.8) is 0 Å². The molecule has 11 heteroatoms. The van der Waals surface area contributed by atoms with Crippen molar-refractivity contribution in [2.24, 2.45) is 0 Å². The fourth-order valence-corrected chi connectivity index (χ4v) is 3.27. The molecule has 7 nitrogen and oxygen atoms in total. The number of esters is 1. The van der Waals surface area contributed by atoms with Crippen LogP contribution in [0.15, 0.2) is 29.7 Å². The third-order valence-electron chi connectivity index (χ3n) is 3.71. The summed E-state index contributed by atoms with van der Waals surface area (Å²) in [5, 5.41) is 0.0976. The first-order valence-electron chi connectivity index (χ1n) is 7.62. The van der Waals surface area contributed by atoms with Crippen molar-refractivity contribution in [3.05, 3.63) is 41.5 Å². The lowest BCUT2D eigenvalue weighted by molar-refractivity contribution is -0.141. The van der Waals surface area contributed by atoms with Crippen LogP contribution in [-0.2, 0) is 10.9 Å². The lowest BCUT2D eigenvalue weighted by atomic mass is 10.1. The van der Waals surface area contributed by atoms with Crippen LogP contribution in [0, 0.1) is 0 Å². The van der Waals surface area contributed by atoms with Gasteiger partial charge in [-0.2, -0.15) is 13.2 Å². The van der Waals surface area contributed by atoms with E-state index in [1.54, 1.807) is 13.0 Å². The van der Waals surface area contributed by atoms with Crippen LogP contribution in [-0.4, -0.2) is 33.0 Å². The summed E-state index contributed by atoms with van der Waals surface area (Å²) in [4.78, 5) is 26.4. The molecule has 0 aromatic carbocycles. The van der Waals surface area contributed by atoms with Crippen LogP contribution in [0.5, 0.6) is 0 Å². The van der Waals surface area contributed by atoms with Gasteiger partial charge in [0.1, 0.15) is 5.82 Å². The number of carbonyl (C=O) groups is 1. The molecule has 27 heavy (non-hydrogen) atoms. The number of pyridine rings is 1. The lowest BCUT2D eigenvalue weighted by Crippen LogP contribution is -2.11. The number of rotatable bonds is 4. The Labute approximate surface area is 155 Å². The highest BCUT2D eigenvalue weighted by molar-refractivity contribution is 7.99. The van der Waals surface area contributed by atoms with Crippen LogP contribution in [0.1, 0.15) is 33.9 Å². The van der Waals surface area contributed by atoms with Crippen molar-refractivity contribution in [3.8, 4) is 0 Å². The van der Waals surface area contributed by atoms with Gasteiger partial charge in [0.25, 0.3) is 0 Å². The van der Waals surface area contributed by atoms with Crippen LogP contribution in [0.3, 0.4) is 0 Å². The summed E-state index contributed by atoms with van der Waals surface area (Å²) in [6.07, 6.45) is -1.57. The van der Waals surface area contributed by atoms with E-state index in [0.717, 1.165) is 11.8 Å². The first-order chi connectivity index (χ1) is 12.7.